The van der Waals surface area contributed by atoms with E-state index < -0.39 is 24.1 Å². The Hall–Kier alpha value is -2.05. The summed E-state index contributed by atoms with van der Waals surface area (Å²) < 4.78 is 37.9. The molecule has 0 saturated heterocycles. The fourth-order valence-corrected chi connectivity index (χ4v) is 1.97. The first-order chi connectivity index (χ1) is 9.21. The highest BCUT2D eigenvalue weighted by molar-refractivity contribution is 6.04. The third-order valence-electron chi connectivity index (χ3n) is 3.02. The van der Waals surface area contributed by atoms with Gasteiger partial charge in [0.25, 0.3) is 0 Å². The predicted molar refractivity (Wildman–Crippen MR) is 64.7 cm³/mol. The van der Waals surface area contributed by atoms with E-state index in [1.165, 1.54) is 18.2 Å². The summed E-state index contributed by atoms with van der Waals surface area (Å²) in [5, 5.41) is 9.11. The van der Waals surface area contributed by atoms with E-state index in [-0.39, 0.29) is 11.3 Å². The number of carbonyl (C=O) groups excluding carboxylic acids is 1. The Bertz CT molecular complexity index is 564. The van der Waals surface area contributed by atoms with Crippen LogP contribution in [0, 0.1) is 6.92 Å². The van der Waals surface area contributed by atoms with Crippen molar-refractivity contribution in [1.29, 1.82) is 0 Å². The van der Waals surface area contributed by atoms with E-state index in [0.29, 0.717) is 23.3 Å². The number of hydrogen-bond donors (Lipinski definition) is 1. The van der Waals surface area contributed by atoms with Crippen molar-refractivity contribution in [3.8, 4) is 0 Å². The number of carboxylic acid groups (broad SMARTS) is 1. The van der Waals surface area contributed by atoms with Crippen LogP contribution in [0.25, 0.3) is 0 Å². The second kappa shape index (κ2) is 4.81. The van der Waals surface area contributed by atoms with E-state index in [2.05, 4.69) is 0 Å². The van der Waals surface area contributed by atoms with Crippen molar-refractivity contribution in [3.63, 3.8) is 0 Å². The molecule has 1 fully saturated rings. The molecule has 1 N–H and O–H groups in total. The van der Waals surface area contributed by atoms with Gasteiger partial charge in [-0.3, -0.25) is 4.79 Å². The van der Waals surface area contributed by atoms with E-state index in [1.807, 2.05) is 0 Å². The van der Waals surface area contributed by atoms with E-state index in [4.69, 9.17) is 5.11 Å². The Morgan fingerprint density at radius 3 is 2.35 bits per heavy atom. The zero-order valence-corrected chi connectivity index (χ0v) is 10.6. The van der Waals surface area contributed by atoms with Gasteiger partial charge < -0.3 is 10.0 Å². The van der Waals surface area contributed by atoms with Crippen LogP contribution in [0.2, 0.25) is 0 Å². The molecular weight excluding hydrogens is 275 g/mol. The molecule has 0 spiro atoms. The molecule has 1 saturated carbocycles. The molecule has 1 aromatic rings. The minimum atomic E-state index is -5.02. The lowest BCUT2D eigenvalue weighted by molar-refractivity contribution is -0.170. The molecule has 0 heterocycles. The molecular formula is C13H12F3NO3. The molecule has 2 rings (SSSR count). The number of hydrogen-bond acceptors (Lipinski definition) is 2. The average Bonchev–Trinajstić information content (AvgIpc) is 3.14. The summed E-state index contributed by atoms with van der Waals surface area (Å²) in [5.41, 5.74) is 0.101. The van der Waals surface area contributed by atoms with Crippen LogP contribution in [0.4, 0.5) is 18.9 Å². The maximum atomic E-state index is 12.6. The fraction of sp³-hybridized carbons (Fsp3) is 0.385. The van der Waals surface area contributed by atoms with Crippen molar-refractivity contribution >= 4 is 17.6 Å². The quantitative estimate of drug-likeness (QED) is 0.930. The number of benzene rings is 1. The molecule has 4 nitrogen and oxygen atoms in total. The van der Waals surface area contributed by atoms with Gasteiger partial charge in [0.2, 0.25) is 0 Å². The highest BCUT2D eigenvalue weighted by Crippen LogP contribution is 2.37. The summed E-state index contributed by atoms with van der Waals surface area (Å²) in [6.45, 7) is 1.63. The maximum absolute atomic E-state index is 12.6. The van der Waals surface area contributed by atoms with Gasteiger partial charge in [-0.2, -0.15) is 13.2 Å². The number of nitrogens with zero attached hydrogens (tertiary/aromatic N) is 1. The highest BCUT2D eigenvalue weighted by atomic mass is 19.4. The van der Waals surface area contributed by atoms with Gasteiger partial charge in [-0.15, -0.1) is 0 Å². The number of halogens is 3. The minimum Gasteiger partial charge on any atom is -0.478 e. The zero-order valence-electron chi connectivity index (χ0n) is 10.6. The lowest BCUT2D eigenvalue weighted by atomic mass is 10.1. The smallest absolute Gasteiger partial charge is 0.471 e. The third-order valence-corrected chi connectivity index (χ3v) is 3.02. The number of carbonyl (C=O) groups is 2. The number of aromatic carboxylic acids is 1. The Morgan fingerprint density at radius 1 is 1.30 bits per heavy atom. The summed E-state index contributed by atoms with van der Waals surface area (Å²) in [5.74, 6) is -3.38. The van der Waals surface area contributed by atoms with Crippen LogP contribution < -0.4 is 4.90 Å². The van der Waals surface area contributed by atoms with Crippen molar-refractivity contribution in [1.82, 2.24) is 0 Å². The number of rotatable bonds is 3. The number of alkyl halides is 3. The van der Waals surface area contributed by atoms with E-state index in [1.54, 1.807) is 6.92 Å². The average molecular weight is 287 g/mol. The van der Waals surface area contributed by atoms with Crippen molar-refractivity contribution in [2.75, 3.05) is 4.90 Å². The summed E-state index contributed by atoms with van der Waals surface area (Å²) in [6.07, 6.45) is -4.15. The highest BCUT2D eigenvalue weighted by Gasteiger charge is 2.48. The Balaban J connectivity index is 2.50. The van der Waals surface area contributed by atoms with Crippen molar-refractivity contribution in [2.45, 2.75) is 32.0 Å². The van der Waals surface area contributed by atoms with Gasteiger partial charge in [-0.05, 0) is 31.9 Å². The van der Waals surface area contributed by atoms with Crippen LogP contribution in [0.15, 0.2) is 18.2 Å². The molecule has 20 heavy (non-hydrogen) atoms. The number of aryl methyl sites for hydroxylation is 1. The van der Waals surface area contributed by atoms with Gasteiger partial charge in [-0.1, -0.05) is 11.6 Å². The molecule has 1 amide bonds. The minimum absolute atomic E-state index is 0.201. The molecule has 1 aliphatic carbocycles. The summed E-state index contributed by atoms with van der Waals surface area (Å²) >= 11 is 0. The van der Waals surface area contributed by atoms with Gasteiger partial charge in [0, 0.05) is 6.04 Å². The van der Waals surface area contributed by atoms with Crippen LogP contribution in [-0.2, 0) is 4.79 Å². The van der Waals surface area contributed by atoms with E-state index in [0.717, 1.165) is 0 Å². The predicted octanol–water partition coefficient (Wildman–Crippen LogP) is 2.75. The molecule has 1 aliphatic rings. The Kier molecular flexibility index (Phi) is 3.45. The first-order valence-electron chi connectivity index (χ1n) is 5.96. The van der Waals surface area contributed by atoms with Crippen LogP contribution in [0.3, 0.4) is 0 Å². The Morgan fingerprint density at radius 2 is 1.90 bits per heavy atom. The molecule has 0 unspecified atom stereocenters. The lowest BCUT2D eigenvalue weighted by Crippen LogP contribution is -2.43. The van der Waals surface area contributed by atoms with E-state index >= 15 is 0 Å². The number of amides is 1. The summed E-state index contributed by atoms with van der Waals surface area (Å²) in [6, 6.07) is 3.42. The zero-order chi connectivity index (χ0) is 15.1. The maximum Gasteiger partial charge on any atom is 0.471 e. The van der Waals surface area contributed by atoms with Crippen molar-refractivity contribution in [2.24, 2.45) is 0 Å². The standard InChI is InChI=1S/C13H12F3NO3/c1-7-2-5-10(9(6-7)11(18)19)17(8-3-4-8)12(20)13(14,15)16/h2,5-6,8H,3-4H2,1H3,(H,18,19). The molecule has 0 aromatic heterocycles. The normalized spacial score (nSPS) is 15.0. The van der Waals surface area contributed by atoms with Crippen molar-refractivity contribution < 1.29 is 27.9 Å². The van der Waals surface area contributed by atoms with Gasteiger partial charge in [0.15, 0.2) is 0 Å². The van der Waals surface area contributed by atoms with Gasteiger partial charge in [0.1, 0.15) is 0 Å². The molecule has 1 aromatic carbocycles. The molecule has 0 bridgehead atoms. The van der Waals surface area contributed by atoms with Gasteiger partial charge >= 0.3 is 18.1 Å². The molecule has 0 atom stereocenters. The second-order valence-electron chi connectivity index (χ2n) is 4.73. The SMILES string of the molecule is Cc1ccc(N(C(=O)C(F)(F)F)C2CC2)c(C(=O)O)c1. The summed E-state index contributed by atoms with van der Waals surface area (Å²) in [7, 11) is 0. The first kappa shape index (κ1) is 14.4. The topological polar surface area (TPSA) is 57.6 Å². The van der Waals surface area contributed by atoms with Crippen LogP contribution in [0.5, 0.6) is 0 Å². The molecule has 0 aliphatic heterocycles. The van der Waals surface area contributed by atoms with E-state index in [9.17, 15) is 22.8 Å². The fourth-order valence-electron chi connectivity index (χ4n) is 1.97. The van der Waals surface area contributed by atoms with Crippen LogP contribution in [-0.4, -0.2) is 29.2 Å². The monoisotopic (exact) mass is 287 g/mol. The second-order valence-corrected chi connectivity index (χ2v) is 4.73. The number of carboxylic acids is 1. The number of anilines is 1. The first-order valence-corrected chi connectivity index (χ1v) is 5.96. The van der Waals surface area contributed by atoms with Crippen molar-refractivity contribution in [3.05, 3.63) is 29.3 Å². The van der Waals surface area contributed by atoms with Crippen LogP contribution in [0.1, 0.15) is 28.8 Å². The summed E-state index contributed by atoms with van der Waals surface area (Å²) in [4.78, 5) is 23.2. The largest absolute Gasteiger partial charge is 0.478 e. The molecule has 0 radical (unpaired) electrons. The third kappa shape index (κ3) is 2.76. The Labute approximate surface area is 112 Å². The van der Waals surface area contributed by atoms with Crippen LogP contribution >= 0.6 is 0 Å². The van der Waals surface area contributed by atoms with Gasteiger partial charge in [0.05, 0.1) is 11.3 Å². The molecule has 7 heteroatoms. The van der Waals surface area contributed by atoms with Gasteiger partial charge in [-0.25, -0.2) is 4.79 Å². The lowest BCUT2D eigenvalue weighted by Gasteiger charge is -2.25. The molecule has 108 valence electrons.